The number of ether oxygens (including phenoxy) is 2. The Bertz CT molecular complexity index is 1530. The number of para-hydroxylation sites is 1. The predicted octanol–water partition coefficient (Wildman–Crippen LogP) is 5.10. The number of fused-ring (bicyclic) bond motifs is 2. The summed E-state index contributed by atoms with van der Waals surface area (Å²) in [5.74, 6) is 2.17. The van der Waals surface area contributed by atoms with Crippen molar-refractivity contribution in [3.63, 3.8) is 0 Å². The molecule has 0 aliphatic heterocycles. The molecule has 7 nitrogen and oxygen atoms in total. The molecule has 33 heavy (non-hydrogen) atoms. The summed E-state index contributed by atoms with van der Waals surface area (Å²) in [4.78, 5) is 18.0. The molecule has 0 N–H and O–H groups in total. The minimum absolute atomic E-state index is 0.287. The lowest BCUT2D eigenvalue weighted by Crippen LogP contribution is -2.20. The fraction of sp³-hybridized carbons (Fsp3) is 0.115. The van der Waals surface area contributed by atoms with Crippen LogP contribution < -0.4 is 15.0 Å². The molecule has 0 saturated carbocycles. The van der Waals surface area contributed by atoms with Gasteiger partial charge in [0.15, 0.2) is 5.76 Å². The number of hydrogen-bond acceptors (Lipinski definition) is 6. The highest BCUT2D eigenvalue weighted by molar-refractivity contribution is 5.88. The molecule has 164 valence electrons. The second-order valence-corrected chi connectivity index (χ2v) is 7.30. The quantitative estimate of drug-likeness (QED) is 0.344. The van der Waals surface area contributed by atoms with Crippen LogP contribution in [0.5, 0.6) is 11.5 Å². The van der Waals surface area contributed by atoms with Crippen LogP contribution in [0.4, 0.5) is 0 Å². The number of nitrogens with zero attached hydrogens (tertiary/aromatic N) is 3. The van der Waals surface area contributed by atoms with Gasteiger partial charge in [0.1, 0.15) is 17.1 Å². The van der Waals surface area contributed by atoms with E-state index < -0.39 is 0 Å². The van der Waals surface area contributed by atoms with E-state index in [2.05, 4.69) is 5.10 Å². The maximum Gasteiger partial charge on any atom is 0.282 e. The first-order chi connectivity index (χ1) is 16.2. The molecule has 0 amide bonds. The lowest BCUT2D eigenvalue weighted by atomic mass is 10.2. The Kier molecular flexibility index (Phi) is 5.36. The summed E-state index contributed by atoms with van der Waals surface area (Å²) in [5.41, 5.74) is 1.73. The average molecular weight is 439 g/mol. The summed E-state index contributed by atoms with van der Waals surface area (Å²) < 4.78 is 18.2. The maximum atomic E-state index is 13.3. The molecule has 0 aliphatic rings. The summed E-state index contributed by atoms with van der Waals surface area (Å²) in [6.07, 6.45) is 1.61. The van der Waals surface area contributed by atoms with Crippen molar-refractivity contribution < 1.29 is 13.9 Å². The zero-order valence-electron chi connectivity index (χ0n) is 18.2. The highest BCUT2D eigenvalue weighted by Crippen LogP contribution is 2.32. The third-order valence-electron chi connectivity index (χ3n) is 5.23. The fourth-order valence-corrected chi connectivity index (χ4v) is 3.65. The van der Waals surface area contributed by atoms with Crippen LogP contribution in [0.2, 0.25) is 0 Å². The van der Waals surface area contributed by atoms with E-state index >= 15 is 0 Å². The zero-order chi connectivity index (χ0) is 22.8. The zero-order valence-corrected chi connectivity index (χ0v) is 18.2. The van der Waals surface area contributed by atoms with Gasteiger partial charge in [0.25, 0.3) is 5.56 Å². The molecule has 7 heteroatoms. The number of methoxy groups -OCH3 is 1. The molecule has 2 aromatic heterocycles. The van der Waals surface area contributed by atoms with Crippen LogP contribution in [0.3, 0.4) is 0 Å². The smallest absolute Gasteiger partial charge is 0.282 e. The predicted molar refractivity (Wildman–Crippen MR) is 128 cm³/mol. The largest absolute Gasteiger partial charge is 0.496 e. The Hall–Kier alpha value is -4.39. The van der Waals surface area contributed by atoms with E-state index in [-0.39, 0.29) is 5.56 Å². The van der Waals surface area contributed by atoms with Crippen LogP contribution in [-0.2, 0) is 0 Å². The van der Waals surface area contributed by atoms with Crippen LogP contribution in [0.1, 0.15) is 12.5 Å². The van der Waals surface area contributed by atoms with Crippen molar-refractivity contribution in [1.29, 1.82) is 0 Å². The Morgan fingerprint density at radius 2 is 1.85 bits per heavy atom. The topological polar surface area (TPSA) is 78.8 Å². The van der Waals surface area contributed by atoms with Crippen molar-refractivity contribution in [2.45, 2.75) is 6.92 Å². The third-order valence-corrected chi connectivity index (χ3v) is 5.23. The second-order valence-electron chi connectivity index (χ2n) is 7.30. The van der Waals surface area contributed by atoms with E-state index in [1.165, 1.54) is 4.68 Å². The lowest BCUT2D eigenvalue weighted by Gasteiger charge is -2.07. The Labute approximate surface area is 189 Å². The standard InChI is InChI=1S/C26H21N3O4/c1-3-32-18-13-11-17(12-14-18)16-27-29-25(28-21-8-5-4-7-19(21)26(29)30)24-15-20-22(31-2)9-6-10-23(20)33-24/h4-16H,3H2,1-2H3. The van der Waals surface area contributed by atoms with Gasteiger partial charge in [-0.25, -0.2) is 4.98 Å². The van der Waals surface area contributed by atoms with Gasteiger partial charge in [-0.2, -0.15) is 9.78 Å². The van der Waals surface area contributed by atoms with Gasteiger partial charge >= 0.3 is 0 Å². The number of rotatable bonds is 6. The van der Waals surface area contributed by atoms with E-state index in [9.17, 15) is 4.79 Å². The van der Waals surface area contributed by atoms with Gasteiger partial charge in [0.2, 0.25) is 5.82 Å². The van der Waals surface area contributed by atoms with Gasteiger partial charge < -0.3 is 13.9 Å². The van der Waals surface area contributed by atoms with Crippen molar-refractivity contribution in [3.8, 4) is 23.1 Å². The van der Waals surface area contributed by atoms with Gasteiger partial charge in [0.05, 0.1) is 36.2 Å². The van der Waals surface area contributed by atoms with Gasteiger partial charge in [0, 0.05) is 0 Å². The van der Waals surface area contributed by atoms with Gasteiger partial charge in [-0.05, 0) is 67.1 Å². The summed E-state index contributed by atoms with van der Waals surface area (Å²) in [5, 5.41) is 5.74. The van der Waals surface area contributed by atoms with Crippen LogP contribution in [0.15, 0.2) is 87.1 Å². The molecule has 5 aromatic rings. The summed E-state index contributed by atoms with van der Waals surface area (Å²) in [7, 11) is 1.60. The van der Waals surface area contributed by atoms with E-state index in [1.54, 1.807) is 31.5 Å². The highest BCUT2D eigenvalue weighted by Gasteiger charge is 2.17. The summed E-state index contributed by atoms with van der Waals surface area (Å²) in [6.45, 7) is 2.53. The number of hydrogen-bond donors (Lipinski definition) is 0. The van der Waals surface area contributed by atoms with Crippen molar-refractivity contribution in [1.82, 2.24) is 9.66 Å². The Morgan fingerprint density at radius 1 is 1.03 bits per heavy atom. The van der Waals surface area contributed by atoms with Crippen LogP contribution in [0, 0.1) is 0 Å². The molecule has 0 spiro atoms. The minimum atomic E-state index is -0.287. The highest BCUT2D eigenvalue weighted by atomic mass is 16.5. The first kappa shape index (κ1) is 20.5. The van der Waals surface area contributed by atoms with E-state index in [4.69, 9.17) is 18.9 Å². The van der Waals surface area contributed by atoms with Crippen LogP contribution >= 0.6 is 0 Å². The average Bonchev–Trinajstić information content (AvgIpc) is 3.29. The molecule has 0 atom stereocenters. The first-order valence-electron chi connectivity index (χ1n) is 10.5. The molecule has 0 radical (unpaired) electrons. The van der Waals surface area contributed by atoms with Crippen LogP contribution in [-0.4, -0.2) is 29.6 Å². The number of aromatic nitrogens is 2. The first-order valence-corrected chi connectivity index (χ1v) is 10.5. The maximum absolute atomic E-state index is 13.3. The fourth-order valence-electron chi connectivity index (χ4n) is 3.65. The van der Waals surface area contributed by atoms with Crippen molar-refractivity contribution >= 4 is 28.1 Å². The molecule has 3 aromatic carbocycles. The Balaban J connectivity index is 1.67. The minimum Gasteiger partial charge on any atom is -0.496 e. The molecule has 0 aliphatic carbocycles. The molecule has 0 saturated heterocycles. The van der Waals surface area contributed by atoms with Crippen molar-refractivity contribution in [2.75, 3.05) is 13.7 Å². The number of benzene rings is 3. The van der Waals surface area contributed by atoms with Crippen molar-refractivity contribution in [3.05, 3.63) is 88.7 Å². The van der Waals surface area contributed by atoms with E-state index in [0.717, 1.165) is 16.7 Å². The molecule has 0 unspecified atom stereocenters. The molecule has 2 heterocycles. The van der Waals surface area contributed by atoms with E-state index in [0.29, 0.717) is 40.4 Å². The molecule has 5 rings (SSSR count). The van der Waals surface area contributed by atoms with Crippen molar-refractivity contribution in [2.24, 2.45) is 5.10 Å². The molecular formula is C26H21N3O4. The van der Waals surface area contributed by atoms with Gasteiger partial charge in [-0.15, -0.1) is 0 Å². The normalized spacial score (nSPS) is 11.5. The SMILES string of the molecule is CCOc1ccc(C=Nn2c(-c3cc4c(OC)cccc4o3)nc3ccccc3c2=O)cc1. The number of furan rings is 1. The van der Waals surface area contributed by atoms with E-state index in [1.807, 2.05) is 61.5 Å². The summed E-state index contributed by atoms with van der Waals surface area (Å²) in [6, 6.07) is 22.0. The molecule has 0 bridgehead atoms. The third kappa shape index (κ3) is 3.85. The summed E-state index contributed by atoms with van der Waals surface area (Å²) >= 11 is 0. The second kappa shape index (κ2) is 8.63. The van der Waals surface area contributed by atoms with Crippen LogP contribution in [0.25, 0.3) is 33.5 Å². The Morgan fingerprint density at radius 3 is 2.64 bits per heavy atom. The lowest BCUT2D eigenvalue weighted by molar-refractivity contribution is 0.340. The molecule has 0 fully saturated rings. The van der Waals surface area contributed by atoms with Gasteiger partial charge in [-0.1, -0.05) is 18.2 Å². The van der Waals surface area contributed by atoms with Gasteiger partial charge in [-0.3, -0.25) is 4.79 Å². The monoisotopic (exact) mass is 439 g/mol. The molecular weight excluding hydrogens is 418 g/mol.